The van der Waals surface area contributed by atoms with E-state index in [-0.39, 0.29) is 11.9 Å². The minimum atomic E-state index is -0.314. The fraction of sp³-hybridized carbons (Fsp3) is 0.440. The van der Waals surface area contributed by atoms with Crippen molar-refractivity contribution in [1.82, 2.24) is 15.5 Å². The summed E-state index contributed by atoms with van der Waals surface area (Å²) in [6, 6.07) is 14.2. The molecule has 1 saturated heterocycles. The Morgan fingerprint density at radius 2 is 1.82 bits per heavy atom. The summed E-state index contributed by atoms with van der Waals surface area (Å²) in [5.41, 5.74) is 2.13. The van der Waals surface area contributed by atoms with Crippen LogP contribution in [-0.2, 0) is 11.3 Å². The van der Waals surface area contributed by atoms with Gasteiger partial charge in [0.25, 0.3) is 5.91 Å². The summed E-state index contributed by atoms with van der Waals surface area (Å²) in [4.78, 5) is 26.7. The van der Waals surface area contributed by atoms with Gasteiger partial charge in [-0.3, -0.25) is 9.69 Å². The van der Waals surface area contributed by atoms with Crippen LogP contribution < -0.4 is 20.7 Å². The number of morpholine rings is 1. The van der Waals surface area contributed by atoms with Gasteiger partial charge in [0.1, 0.15) is 12.4 Å². The molecule has 1 heterocycles. The summed E-state index contributed by atoms with van der Waals surface area (Å²) in [5, 5.41) is 8.51. The SMILES string of the molecule is CC(C)CNC(=O)c1ccc(NC(=O)NCc2cccc(OCCN3CCOCC3)c2)cc1. The van der Waals surface area contributed by atoms with Gasteiger partial charge in [0.05, 0.1) is 13.2 Å². The van der Waals surface area contributed by atoms with Crippen molar-refractivity contribution in [3.05, 3.63) is 59.7 Å². The molecule has 1 aliphatic rings. The third kappa shape index (κ3) is 8.75. The van der Waals surface area contributed by atoms with Gasteiger partial charge in [0.15, 0.2) is 0 Å². The van der Waals surface area contributed by atoms with Gasteiger partial charge in [-0.1, -0.05) is 26.0 Å². The molecule has 8 heteroatoms. The summed E-state index contributed by atoms with van der Waals surface area (Å²) >= 11 is 0. The van der Waals surface area contributed by atoms with E-state index in [0.717, 1.165) is 44.2 Å². The highest BCUT2D eigenvalue weighted by molar-refractivity contribution is 5.95. The van der Waals surface area contributed by atoms with E-state index in [4.69, 9.17) is 9.47 Å². The van der Waals surface area contributed by atoms with E-state index in [0.29, 0.717) is 36.9 Å². The number of carbonyl (C=O) groups is 2. The second-order valence-corrected chi connectivity index (χ2v) is 8.44. The summed E-state index contributed by atoms with van der Waals surface area (Å²) < 4.78 is 11.2. The van der Waals surface area contributed by atoms with Crippen molar-refractivity contribution >= 4 is 17.6 Å². The molecule has 0 unspecified atom stereocenters. The lowest BCUT2D eigenvalue weighted by atomic mass is 10.1. The standard InChI is InChI=1S/C25H34N4O4/c1-19(2)17-26-24(30)21-6-8-22(9-7-21)28-25(31)27-18-20-4-3-5-23(16-20)33-15-12-29-10-13-32-14-11-29/h3-9,16,19H,10-15,17-18H2,1-2H3,(H,26,30)(H2,27,28,31). The maximum Gasteiger partial charge on any atom is 0.319 e. The van der Waals surface area contributed by atoms with Crippen molar-refractivity contribution in [2.24, 2.45) is 5.92 Å². The van der Waals surface area contributed by atoms with Crippen molar-refractivity contribution in [3.8, 4) is 5.75 Å². The van der Waals surface area contributed by atoms with E-state index < -0.39 is 0 Å². The van der Waals surface area contributed by atoms with Gasteiger partial charge in [0, 0.05) is 44.0 Å². The third-order valence-corrected chi connectivity index (χ3v) is 5.21. The molecule has 0 spiro atoms. The van der Waals surface area contributed by atoms with Gasteiger partial charge < -0.3 is 25.4 Å². The molecule has 178 valence electrons. The first-order chi connectivity index (χ1) is 16.0. The predicted octanol–water partition coefficient (Wildman–Crippen LogP) is 3.11. The molecule has 2 aromatic rings. The summed E-state index contributed by atoms with van der Waals surface area (Å²) in [6.45, 7) is 10.0. The van der Waals surface area contributed by atoms with Gasteiger partial charge in [-0.15, -0.1) is 0 Å². The maximum absolute atomic E-state index is 12.3. The second kappa shape index (κ2) is 12.8. The number of carbonyl (C=O) groups excluding carboxylic acids is 2. The number of nitrogens with one attached hydrogen (secondary N) is 3. The molecule has 0 atom stereocenters. The number of anilines is 1. The van der Waals surface area contributed by atoms with Gasteiger partial charge in [-0.2, -0.15) is 0 Å². The molecule has 0 bridgehead atoms. The lowest BCUT2D eigenvalue weighted by Crippen LogP contribution is -2.38. The van der Waals surface area contributed by atoms with Crippen LogP contribution in [0.5, 0.6) is 5.75 Å². The van der Waals surface area contributed by atoms with Crippen LogP contribution in [0.4, 0.5) is 10.5 Å². The van der Waals surface area contributed by atoms with Crippen molar-refractivity contribution in [3.63, 3.8) is 0 Å². The molecule has 0 radical (unpaired) electrons. The van der Waals surface area contributed by atoms with Gasteiger partial charge in [0.2, 0.25) is 0 Å². The smallest absolute Gasteiger partial charge is 0.319 e. The Morgan fingerprint density at radius 3 is 2.55 bits per heavy atom. The summed E-state index contributed by atoms with van der Waals surface area (Å²) in [7, 11) is 0. The van der Waals surface area contributed by atoms with Crippen LogP contribution >= 0.6 is 0 Å². The number of amides is 3. The molecule has 3 rings (SSSR count). The fourth-order valence-corrected chi connectivity index (χ4v) is 3.32. The average molecular weight is 455 g/mol. The first kappa shape index (κ1) is 24.5. The van der Waals surface area contributed by atoms with E-state index in [2.05, 4.69) is 20.9 Å². The number of hydrogen-bond acceptors (Lipinski definition) is 5. The Labute approximate surface area is 195 Å². The van der Waals surface area contributed by atoms with Crippen molar-refractivity contribution in [2.75, 3.05) is 51.3 Å². The molecular weight excluding hydrogens is 420 g/mol. The number of rotatable bonds is 10. The van der Waals surface area contributed by atoms with E-state index in [9.17, 15) is 9.59 Å². The average Bonchev–Trinajstić information content (AvgIpc) is 2.83. The normalized spacial score (nSPS) is 14.0. The van der Waals surface area contributed by atoms with E-state index in [1.807, 2.05) is 38.1 Å². The quantitative estimate of drug-likeness (QED) is 0.513. The molecule has 33 heavy (non-hydrogen) atoms. The number of urea groups is 1. The summed E-state index contributed by atoms with van der Waals surface area (Å²) in [5.74, 6) is 1.06. The largest absolute Gasteiger partial charge is 0.492 e. The monoisotopic (exact) mass is 454 g/mol. The van der Waals surface area contributed by atoms with E-state index in [1.165, 1.54) is 0 Å². The zero-order valence-corrected chi connectivity index (χ0v) is 19.4. The van der Waals surface area contributed by atoms with Crippen LogP contribution in [0.15, 0.2) is 48.5 Å². The van der Waals surface area contributed by atoms with Crippen LogP contribution in [0.1, 0.15) is 29.8 Å². The molecule has 0 saturated carbocycles. The molecule has 2 aromatic carbocycles. The van der Waals surface area contributed by atoms with E-state index in [1.54, 1.807) is 24.3 Å². The van der Waals surface area contributed by atoms with Gasteiger partial charge in [-0.05, 0) is 47.9 Å². The highest BCUT2D eigenvalue weighted by atomic mass is 16.5. The van der Waals surface area contributed by atoms with Crippen LogP contribution in [-0.4, -0.2) is 62.8 Å². The highest BCUT2D eigenvalue weighted by Crippen LogP contribution is 2.14. The Balaban J connectivity index is 1.40. The van der Waals surface area contributed by atoms with Gasteiger partial charge >= 0.3 is 6.03 Å². The highest BCUT2D eigenvalue weighted by Gasteiger charge is 2.10. The first-order valence-corrected chi connectivity index (χ1v) is 11.4. The number of ether oxygens (including phenoxy) is 2. The molecule has 3 N–H and O–H groups in total. The zero-order chi connectivity index (χ0) is 23.5. The fourth-order valence-electron chi connectivity index (χ4n) is 3.32. The first-order valence-electron chi connectivity index (χ1n) is 11.4. The second-order valence-electron chi connectivity index (χ2n) is 8.44. The number of benzene rings is 2. The third-order valence-electron chi connectivity index (χ3n) is 5.21. The lowest BCUT2D eigenvalue weighted by Gasteiger charge is -2.26. The Bertz CT molecular complexity index is 896. The molecule has 1 fully saturated rings. The van der Waals surface area contributed by atoms with Crippen LogP contribution in [0.2, 0.25) is 0 Å². The predicted molar refractivity (Wildman–Crippen MR) is 129 cm³/mol. The van der Waals surface area contributed by atoms with Crippen LogP contribution in [0.3, 0.4) is 0 Å². The van der Waals surface area contributed by atoms with Crippen molar-refractivity contribution < 1.29 is 19.1 Å². The minimum absolute atomic E-state index is 0.119. The Morgan fingerprint density at radius 1 is 1.06 bits per heavy atom. The molecule has 8 nitrogen and oxygen atoms in total. The Kier molecular flexibility index (Phi) is 9.53. The van der Waals surface area contributed by atoms with Crippen LogP contribution in [0.25, 0.3) is 0 Å². The van der Waals surface area contributed by atoms with Crippen molar-refractivity contribution in [2.45, 2.75) is 20.4 Å². The van der Waals surface area contributed by atoms with E-state index >= 15 is 0 Å². The Hall–Kier alpha value is -3.10. The topological polar surface area (TPSA) is 91.9 Å². The molecule has 3 amide bonds. The van der Waals surface area contributed by atoms with Gasteiger partial charge in [-0.25, -0.2) is 4.79 Å². The summed E-state index contributed by atoms with van der Waals surface area (Å²) in [6.07, 6.45) is 0. The number of hydrogen-bond donors (Lipinski definition) is 3. The molecule has 1 aliphatic heterocycles. The van der Waals surface area contributed by atoms with Crippen molar-refractivity contribution in [1.29, 1.82) is 0 Å². The number of nitrogens with zero attached hydrogens (tertiary/aromatic N) is 1. The maximum atomic E-state index is 12.3. The molecular formula is C25H34N4O4. The zero-order valence-electron chi connectivity index (χ0n) is 19.4. The van der Waals surface area contributed by atoms with Crippen LogP contribution in [0, 0.1) is 5.92 Å². The molecule has 0 aliphatic carbocycles. The lowest BCUT2D eigenvalue weighted by molar-refractivity contribution is 0.0322. The molecule has 0 aromatic heterocycles. The minimum Gasteiger partial charge on any atom is -0.492 e.